The highest BCUT2D eigenvalue weighted by atomic mass is 19.1. The van der Waals surface area contributed by atoms with E-state index in [9.17, 15) is 14.3 Å². The van der Waals surface area contributed by atoms with Gasteiger partial charge in [-0.25, -0.2) is 4.39 Å². The Labute approximate surface area is 213 Å². The largest absolute Gasteiger partial charge is 0.497 e. The van der Waals surface area contributed by atoms with Crippen molar-refractivity contribution in [2.45, 2.75) is 52.6 Å². The first-order chi connectivity index (χ1) is 17.0. The predicted octanol–water partition coefficient (Wildman–Crippen LogP) is 7.76. The number of methoxy groups -OCH3 is 1. The van der Waals surface area contributed by atoms with Crippen molar-refractivity contribution in [2.75, 3.05) is 7.11 Å². The first kappa shape index (κ1) is 27.0. The third-order valence-electron chi connectivity index (χ3n) is 6.35. The minimum Gasteiger partial charge on any atom is -0.497 e. The molecule has 0 spiro atoms. The van der Waals surface area contributed by atoms with Gasteiger partial charge < -0.3 is 14.6 Å². The van der Waals surface area contributed by atoms with Gasteiger partial charge in [-0.05, 0) is 71.0 Å². The molecule has 0 aliphatic rings. The normalized spacial score (nSPS) is 13.4. The Morgan fingerprint density at radius 3 is 2.25 bits per heavy atom. The van der Waals surface area contributed by atoms with Crippen molar-refractivity contribution >= 4 is 5.97 Å². The topological polar surface area (TPSA) is 55.8 Å². The molecule has 0 aliphatic heterocycles. The summed E-state index contributed by atoms with van der Waals surface area (Å²) in [4.78, 5) is 11.5. The summed E-state index contributed by atoms with van der Waals surface area (Å²) in [7, 11) is 1.57. The van der Waals surface area contributed by atoms with Gasteiger partial charge in [-0.3, -0.25) is 4.79 Å². The summed E-state index contributed by atoms with van der Waals surface area (Å²) < 4.78 is 26.2. The van der Waals surface area contributed by atoms with Crippen LogP contribution < -0.4 is 9.47 Å². The van der Waals surface area contributed by atoms with Crippen LogP contribution in [0.5, 0.6) is 11.5 Å². The fraction of sp³-hybridized carbons (Fsp3) is 0.323. The van der Waals surface area contributed by atoms with Crippen molar-refractivity contribution in [3.05, 3.63) is 95.3 Å². The van der Waals surface area contributed by atoms with E-state index in [2.05, 4.69) is 20.8 Å². The fourth-order valence-corrected chi connectivity index (χ4v) is 4.28. The highest BCUT2D eigenvalue weighted by Gasteiger charge is 2.23. The molecule has 3 rings (SSSR count). The first-order valence-corrected chi connectivity index (χ1v) is 12.1. The number of carboxylic acids is 1. The number of hydrogen-bond donors (Lipinski definition) is 1. The Kier molecular flexibility index (Phi) is 8.57. The summed E-state index contributed by atoms with van der Waals surface area (Å²) >= 11 is 0. The standard InChI is InChI=1S/C31H35FO4/c1-7-8-25(20(2)30(33)34)22-10-12-23(13-11-22)36-19-21-9-15-28(31(3,4)5)26(17-21)27-18-24(35-6)14-16-29(27)32/h7-18,20,25H,19H2,1-6H3,(H,33,34)/t20-,25+/m0/s1. The Morgan fingerprint density at radius 2 is 1.67 bits per heavy atom. The molecule has 0 unspecified atom stereocenters. The van der Waals surface area contributed by atoms with Gasteiger partial charge in [-0.15, -0.1) is 0 Å². The number of carbonyl (C=O) groups is 1. The van der Waals surface area contributed by atoms with Gasteiger partial charge in [0.1, 0.15) is 23.9 Å². The van der Waals surface area contributed by atoms with Crippen molar-refractivity contribution in [3.8, 4) is 22.6 Å². The molecule has 36 heavy (non-hydrogen) atoms. The maximum absolute atomic E-state index is 14.9. The highest BCUT2D eigenvalue weighted by molar-refractivity contribution is 5.72. The molecule has 1 N–H and O–H groups in total. The lowest BCUT2D eigenvalue weighted by Gasteiger charge is -2.24. The summed E-state index contributed by atoms with van der Waals surface area (Å²) in [5.41, 5.74) is 3.98. The predicted molar refractivity (Wildman–Crippen MR) is 142 cm³/mol. The van der Waals surface area contributed by atoms with E-state index >= 15 is 0 Å². The molecule has 0 aliphatic carbocycles. The van der Waals surface area contributed by atoms with E-state index in [0.29, 0.717) is 23.7 Å². The number of ether oxygens (including phenoxy) is 2. The quantitative estimate of drug-likeness (QED) is 0.312. The number of carboxylic acid groups (broad SMARTS) is 1. The fourth-order valence-electron chi connectivity index (χ4n) is 4.28. The molecule has 5 heteroatoms. The molecule has 190 valence electrons. The molecule has 0 amide bonds. The van der Waals surface area contributed by atoms with Gasteiger partial charge in [0.05, 0.1) is 13.0 Å². The Hall–Kier alpha value is -3.60. The Morgan fingerprint density at radius 1 is 1.00 bits per heavy atom. The Balaban J connectivity index is 1.86. The molecule has 0 radical (unpaired) electrons. The minimum absolute atomic E-state index is 0.184. The van der Waals surface area contributed by atoms with E-state index in [-0.39, 0.29) is 17.2 Å². The van der Waals surface area contributed by atoms with Gasteiger partial charge in [-0.1, -0.05) is 64.1 Å². The van der Waals surface area contributed by atoms with Crippen LogP contribution in [0.1, 0.15) is 57.2 Å². The molecule has 3 aromatic carbocycles. The van der Waals surface area contributed by atoms with Crippen LogP contribution in [0.15, 0.2) is 72.8 Å². The molecule has 0 aromatic heterocycles. The van der Waals surface area contributed by atoms with Crippen molar-refractivity contribution < 1.29 is 23.8 Å². The average Bonchev–Trinajstić information content (AvgIpc) is 2.85. The first-order valence-electron chi connectivity index (χ1n) is 12.1. The minimum atomic E-state index is -0.833. The van der Waals surface area contributed by atoms with Gasteiger partial charge in [0.2, 0.25) is 0 Å². The maximum Gasteiger partial charge on any atom is 0.307 e. The maximum atomic E-state index is 14.9. The van der Waals surface area contributed by atoms with E-state index in [4.69, 9.17) is 9.47 Å². The SMILES string of the molecule is CC=C[C@@H](c1ccc(OCc2ccc(C(C)(C)C)c(-c3cc(OC)ccc3F)c2)cc1)[C@H](C)C(=O)O. The molecule has 4 nitrogen and oxygen atoms in total. The van der Waals surface area contributed by atoms with Gasteiger partial charge in [-0.2, -0.15) is 0 Å². The van der Waals surface area contributed by atoms with E-state index in [1.165, 1.54) is 6.07 Å². The highest BCUT2D eigenvalue weighted by Crippen LogP contribution is 2.37. The second-order valence-electron chi connectivity index (χ2n) is 10.0. The molecule has 3 aromatic rings. The molecule has 0 bridgehead atoms. The molecule has 0 saturated carbocycles. The van der Waals surface area contributed by atoms with Crippen LogP contribution in [0, 0.1) is 11.7 Å². The molecular weight excluding hydrogens is 455 g/mol. The van der Waals surface area contributed by atoms with Crippen LogP contribution in [-0.2, 0) is 16.8 Å². The zero-order valence-electron chi connectivity index (χ0n) is 21.8. The third-order valence-corrected chi connectivity index (χ3v) is 6.35. The molecule has 2 atom stereocenters. The average molecular weight is 491 g/mol. The lowest BCUT2D eigenvalue weighted by atomic mass is 9.81. The van der Waals surface area contributed by atoms with E-state index in [0.717, 1.165) is 22.3 Å². The molecule has 0 saturated heterocycles. The van der Waals surface area contributed by atoms with Crippen LogP contribution in [0.25, 0.3) is 11.1 Å². The number of aliphatic carboxylic acids is 1. The summed E-state index contributed by atoms with van der Waals surface area (Å²) in [6.07, 6.45) is 3.78. The van der Waals surface area contributed by atoms with Gasteiger partial charge in [0.25, 0.3) is 0 Å². The lowest BCUT2D eigenvalue weighted by molar-refractivity contribution is -0.141. The number of benzene rings is 3. The number of halogens is 1. The van der Waals surface area contributed by atoms with Crippen LogP contribution in [0.4, 0.5) is 4.39 Å². The zero-order valence-corrected chi connectivity index (χ0v) is 21.8. The number of allylic oxidation sites excluding steroid dienone is 2. The lowest BCUT2D eigenvalue weighted by Crippen LogP contribution is -2.17. The van der Waals surface area contributed by atoms with Gasteiger partial charge in [0.15, 0.2) is 0 Å². The second-order valence-corrected chi connectivity index (χ2v) is 10.0. The Bertz CT molecular complexity index is 1220. The van der Waals surface area contributed by atoms with Crippen LogP contribution in [0.3, 0.4) is 0 Å². The van der Waals surface area contributed by atoms with Gasteiger partial charge in [0, 0.05) is 11.5 Å². The molecular formula is C31H35FO4. The summed E-state index contributed by atoms with van der Waals surface area (Å²) in [5.74, 6) is -0.616. The van der Waals surface area contributed by atoms with Crippen molar-refractivity contribution in [3.63, 3.8) is 0 Å². The van der Waals surface area contributed by atoms with E-state index in [1.807, 2.05) is 61.5 Å². The van der Waals surface area contributed by atoms with Crippen LogP contribution >= 0.6 is 0 Å². The smallest absolute Gasteiger partial charge is 0.307 e. The monoisotopic (exact) mass is 490 g/mol. The zero-order chi connectivity index (χ0) is 26.5. The summed E-state index contributed by atoms with van der Waals surface area (Å²) in [6, 6.07) is 18.3. The number of hydrogen-bond acceptors (Lipinski definition) is 3. The van der Waals surface area contributed by atoms with Crippen molar-refractivity contribution in [2.24, 2.45) is 5.92 Å². The number of rotatable bonds is 9. The van der Waals surface area contributed by atoms with Crippen molar-refractivity contribution in [1.29, 1.82) is 0 Å². The summed E-state index contributed by atoms with van der Waals surface area (Å²) in [6.45, 7) is 10.2. The van der Waals surface area contributed by atoms with Crippen LogP contribution in [0.2, 0.25) is 0 Å². The summed E-state index contributed by atoms with van der Waals surface area (Å²) in [5, 5.41) is 9.44. The van der Waals surface area contributed by atoms with Crippen molar-refractivity contribution in [1.82, 2.24) is 0 Å². The second kappa shape index (κ2) is 11.4. The van der Waals surface area contributed by atoms with E-state index in [1.54, 1.807) is 26.2 Å². The molecule has 0 fully saturated rings. The van der Waals surface area contributed by atoms with Gasteiger partial charge >= 0.3 is 5.97 Å². The van der Waals surface area contributed by atoms with E-state index < -0.39 is 11.9 Å². The molecule has 0 heterocycles. The third kappa shape index (κ3) is 6.34. The van der Waals surface area contributed by atoms with Crippen LogP contribution in [-0.4, -0.2) is 18.2 Å².